The summed E-state index contributed by atoms with van der Waals surface area (Å²) in [7, 11) is -3.52. The SMILES string of the molecule is CCCOCCCNS(=O)(=O)c1ccc(C)c(CO)c1. The van der Waals surface area contributed by atoms with E-state index >= 15 is 0 Å². The lowest BCUT2D eigenvalue weighted by molar-refractivity contribution is 0.133. The first-order chi connectivity index (χ1) is 9.51. The highest BCUT2D eigenvalue weighted by Gasteiger charge is 2.14. The van der Waals surface area contributed by atoms with Crippen molar-refractivity contribution in [1.82, 2.24) is 4.72 Å². The highest BCUT2D eigenvalue weighted by Crippen LogP contribution is 2.15. The summed E-state index contributed by atoms with van der Waals surface area (Å²) in [6.07, 6.45) is 1.59. The van der Waals surface area contributed by atoms with Gasteiger partial charge in [0.05, 0.1) is 11.5 Å². The Labute approximate surface area is 121 Å². The zero-order valence-corrected chi connectivity index (χ0v) is 12.9. The number of hydrogen-bond donors (Lipinski definition) is 2. The molecule has 0 aliphatic carbocycles. The van der Waals surface area contributed by atoms with Crippen LogP contribution in [0.4, 0.5) is 0 Å². The maximum absolute atomic E-state index is 12.1. The minimum atomic E-state index is -3.52. The van der Waals surface area contributed by atoms with Gasteiger partial charge in [-0.1, -0.05) is 13.0 Å². The van der Waals surface area contributed by atoms with Crippen molar-refractivity contribution in [3.05, 3.63) is 29.3 Å². The molecule has 1 rings (SSSR count). The molecule has 5 nitrogen and oxygen atoms in total. The summed E-state index contributed by atoms with van der Waals surface area (Å²) >= 11 is 0. The molecule has 0 fully saturated rings. The first-order valence-corrected chi connectivity index (χ1v) is 8.27. The summed E-state index contributed by atoms with van der Waals surface area (Å²) in [5.41, 5.74) is 1.50. The van der Waals surface area contributed by atoms with E-state index in [4.69, 9.17) is 4.74 Å². The normalized spacial score (nSPS) is 11.8. The van der Waals surface area contributed by atoms with Crippen molar-refractivity contribution in [2.75, 3.05) is 19.8 Å². The Balaban J connectivity index is 2.56. The molecule has 0 aliphatic rings. The number of sulfonamides is 1. The number of aryl methyl sites for hydroxylation is 1. The Morgan fingerprint density at radius 1 is 1.30 bits per heavy atom. The van der Waals surface area contributed by atoms with Gasteiger partial charge in [-0.15, -0.1) is 0 Å². The summed E-state index contributed by atoms with van der Waals surface area (Å²) < 4.78 is 32.0. The van der Waals surface area contributed by atoms with E-state index in [0.717, 1.165) is 12.0 Å². The van der Waals surface area contributed by atoms with Crippen LogP contribution in [0.3, 0.4) is 0 Å². The highest BCUT2D eigenvalue weighted by molar-refractivity contribution is 7.89. The van der Waals surface area contributed by atoms with Crippen molar-refractivity contribution >= 4 is 10.0 Å². The fraction of sp³-hybridized carbons (Fsp3) is 0.571. The Kier molecular flexibility index (Phi) is 7.15. The van der Waals surface area contributed by atoms with Gasteiger partial charge in [0.15, 0.2) is 0 Å². The molecule has 0 aromatic heterocycles. The van der Waals surface area contributed by atoms with Crippen molar-refractivity contribution in [3.8, 4) is 0 Å². The predicted octanol–water partition coefficient (Wildman–Crippen LogP) is 1.58. The molecule has 0 atom stereocenters. The first-order valence-electron chi connectivity index (χ1n) is 6.79. The van der Waals surface area contributed by atoms with Gasteiger partial charge in [0.2, 0.25) is 10.0 Å². The van der Waals surface area contributed by atoms with Crippen LogP contribution < -0.4 is 4.72 Å². The zero-order valence-electron chi connectivity index (χ0n) is 12.1. The van der Waals surface area contributed by atoms with E-state index < -0.39 is 10.0 Å². The van der Waals surface area contributed by atoms with Gasteiger partial charge in [-0.05, 0) is 43.0 Å². The van der Waals surface area contributed by atoms with Crippen LogP contribution in [0.1, 0.15) is 30.9 Å². The van der Waals surface area contributed by atoms with E-state index in [2.05, 4.69) is 4.72 Å². The molecule has 2 N–H and O–H groups in total. The van der Waals surface area contributed by atoms with Crippen molar-refractivity contribution in [1.29, 1.82) is 0 Å². The molecule has 1 aromatic carbocycles. The minimum Gasteiger partial charge on any atom is -0.392 e. The van der Waals surface area contributed by atoms with Gasteiger partial charge in [0, 0.05) is 19.8 Å². The summed E-state index contributed by atoms with van der Waals surface area (Å²) in [4.78, 5) is 0.182. The zero-order chi connectivity index (χ0) is 15.0. The maximum Gasteiger partial charge on any atom is 0.240 e. The lowest BCUT2D eigenvalue weighted by atomic mass is 10.1. The Hall–Kier alpha value is -0.950. The lowest BCUT2D eigenvalue weighted by Crippen LogP contribution is -2.25. The van der Waals surface area contributed by atoms with Crippen LogP contribution in [-0.2, 0) is 21.4 Å². The molecule has 114 valence electrons. The van der Waals surface area contributed by atoms with Crippen molar-refractivity contribution in [2.24, 2.45) is 0 Å². The summed E-state index contributed by atoms with van der Waals surface area (Å²) in [6, 6.07) is 4.75. The Morgan fingerprint density at radius 2 is 2.05 bits per heavy atom. The fourth-order valence-corrected chi connectivity index (χ4v) is 2.82. The summed E-state index contributed by atoms with van der Waals surface area (Å²) in [6.45, 7) is 5.28. The van der Waals surface area contributed by atoms with Crippen molar-refractivity contribution in [3.63, 3.8) is 0 Å². The molecule has 0 radical (unpaired) electrons. The number of rotatable bonds is 9. The molecule has 0 aliphatic heterocycles. The molecule has 20 heavy (non-hydrogen) atoms. The molecule has 0 amide bonds. The average molecular weight is 301 g/mol. The first kappa shape index (κ1) is 17.1. The van der Waals surface area contributed by atoms with Crippen LogP contribution in [0.5, 0.6) is 0 Å². The van der Waals surface area contributed by atoms with Crippen LogP contribution in [-0.4, -0.2) is 33.3 Å². The van der Waals surface area contributed by atoms with Gasteiger partial charge >= 0.3 is 0 Å². The van der Waals surface area contributed by atoms with Gasteiger partial charge in [-0.25, -0.2) is 13.1 Å². The number of aliphatic hydroxyl groups excluding tert-OH is 1. The highest BCUT2D eigenvalue weighted by atomic mass is 32.2. The number of benzene rings is 1. The molecule has 0 heterocycles. The van der Waals surface area contributed by atoms with E-state index in [1.165, 1.54) is 6.07 Å². The molecule has 6 heteroatoms. The topological polar surface area (TPSA) is 75.6 Å². The quantitative estimate of drug-likeness (QED) is 0.679. The van der Waals surface area contributed by atoms with Gasteiger partial charge in [-0.2, -0.15) is 0 Å². The van der Waals surface area contributed by atoms with Gasteiger partial charge in [0.1, 0.15) is 0 Å². The largest absolute Gasteiger partial charge is 0.392 e. The molecule has 0 unspecified atom stereocenters. The van der Waals surface area contributed by atoms with E-state index in [-0.39, 0.29) is 11.5 Å². The lowest BCUT2D eigenvalue weighted by Gasteiger charge is -2.09. The number of ether oxygens (including phenoxy) is 1. The molecular weight excluding hydrogens is 278 g/mol. The van der Waals surface area contributed by atoms with Crippen LogP contribution in [0.15, 0.2) is 23.1 Å². The van der Waals surface area contributed by atoms with Crippen LogP contribution in [0, 0.1) is 6.92 Å². The monoisotopic (exact) mass is 301 g/mol. The molecular formula is C14H23NO4S. The Bertz CT molecular complexity index is 514. The second-order valence-corrected chi connectivity index (χ2v) is 6.38. The molecule has 1 aromatic rings. The van der Waals surface area contributed by atoms with Gasteiger partial charge in [-0.3, -0.25) is 0 Å². The standard InChI is InChI=1S/C14H23NO4S/c1-3-8-19-9-4-7-15-20(17,18)14-6-5-12(2)13(10-14)11-16/h5-6,10,15-16H,3-4,7-9,11H2,1-2H3. The molecule has 0 spiro atoms. The Morgan fingerprint density at radius 3 is 2.70 bits per heavy atom. The average Bonchev–Trinajstić information content (AvgIpc) is 2.43. The van der Waals surface area contributed by atoms with Gasteiger partial charge < -0.3 is 9.84 Å². The predicted molar refractivity (Wildman–Crippen MR) is 78.0 cm³/mol. The van der Waals surface area contributed by atoms with E-state index in [1.54, 1.807) is 12.1 Å². The number of aliphatic hydroxyl groups is 1. The smallest absolute Gasteiger partial charge is 0.240 e. The molecule has 0 saturated heterocycles. The number of nitrogens with one attached hydrogen (secondary N) is 1. The minimum absolute atomic E-state index is 0.167. The van der Waals surface area contributed by atoms with Crippen molar-refractivity contribution in [2.45, 2.75) is 38.2 Å². The molecule has 0 bridgehead atoms. The van der Waals surface area contributed by atoms with Crippen LogP contribution in [0.2, 0.25) is 0 Å². The molecule has 0 saturated carbocycles. The van der Waals surface area contributed by atoms with E-state index in [1.807, 2.05) is 13.8 Å². The number of hydrogen-bond acceptors (Lipinski definition) is 4. The van der Waals surface area contributed by atoms with Crippen LogP contribution >= 0.6 is 0 Å². The fourth-order valence-electron chi connectivity index (χ4n) is 1.70. The third-order valence-corrected chi connectivity index (χ3v) is 4.37. The summed E-state index contributed by atoms with van der Waals surface area (Å²) in [5, 5.41) is 9.17. The third kappa shape index (κ3) is 5.20. The third-order valence-electron chi connectivity index (χ3n) is 2.91. The second-order valence-electron chi connectivity index (χ2n) is 4.61. The van der Waals surface area contributed by atoms with E-state index in [0.29, 0.717) is 31.7 Å². The van der Waals surface area contributed by atoms with Crippen LogP contribution in [0.25, 0.3) is 0 Å². The summed E-state index contributed by atoms with van der Waals surface area (Å²) in [5.74, 6) is 0. The second kappa shape index (κ2) is 8.36. The van der Waals surface area contributed by atoms with E-state index in [9.17, 15) is 13.5 Å². The van der Waals surface area contributed by atoms with Gasteiger partial charge in [0.25, 0.3) is 0 Å². The van der Waals surface area contributed by atoms with Crippen molar-refractivity contribution < 1.29 is 18.3 Å². The maximum atomic E-state index is 12.1.